The van der Waals surface area contributed by atoms with Gasteiger partial charge in [-0.15, -0.1) is 0 Å². The maximum Gasteiger partial charge on any atom is 0.229 e. The summed E-state index contributed by atoms with van der Waals surface area (Å²) in [6.45, 7) is 0.889. The Balaban J connectivity index is 1.71. The highest BCUT2D eigenvalue weighted by molar-refractivity contribution is 5.29. The zero-order valence-electron chi connectivity index (χ0n) is 16.8. The van der Waals surface area contributed by atoms with Crippen LogP contribution in [0.25, 0.3) is 0 Å². The van der Waals surface area contributed by atoms with Crippen LogP contribution >= 0.6 is 0 Å². The van der Waals surface area contributed by atoms with Crippen LogP contribution in [0.15, 0.2) is 24.3 Å². The summed E-state index contributed by atoms with van der Waals surface area (Å²) in [5.74, 6) is 0.348. The number of nitrogens with zero attached hydrogens (tertiary/aromatic N) is 1. The van der Waals surface area contributed by atoms with Crippen LogP contribution in [-0.4, -0.2) is 98.7 Å². The normalized spacial score (nSPS) is 40.8. The van der Waals surface area contributed by atoms with E-state index in [0.717, 1.165) is 5.56 Å². The zero-order valence-corrected chi connectivity index (χ0v) is 16.8. The van der Waals surface area contributed by atoms with Gasteiger partial charge in [0.2, 0.25) is 6.29 Å². The first-order chi connectivity index (χ1) is 14.8. The van der Waals surface area contributed by atoms with Crippen LogP contribution in [0, 0.1) is 11.3 Å². The fourth-order valence-electron chi connectivity index (χ4n) is 3.50. The van der Waals surface area contributed by atoms with E-state index < -0.39 is 68.0 Å². The number of aliphatic hydroxyl groups is 6. The molecule has 10 atom stereocenters. The number of benzene rings is 1. The number of rotatable bonds is 6. The second-order valence-corrected chi connectivity index (χ2v) is 7.59. The summed E-state index contributed by atoms with van der Waals surface area (Å²) in [4.78, 5) is 0. The summed E-state index contributed by atoms with van der Waals surface area (Å²) in [5.41, 5.74) is 0.785. The van der Waals surface area contributed by atoms with Crippen LogP contribution in [0.3, 0.4) is 0 Å². The summed E-state index contributed by atoms with van der Waals surface area (Å²) in [5, 5.41) is 69.2. The van der Waals surface area contributed by atoms with E-state index in [1.807, 2.05) is 6.07 Å². The lowest BCUT2D eigenvalue weighted by Crippen LogP contribution is -2.64. The van der Waals surface area contributed by atoms with Crippen LogP contribution in [-0.2, 0) is 20.6 Å². The smallest absolute Gasteiger partial charge is 0.229 e. The Morgan fingerprint density at radius 1 is 0.903 bits per heavy atom. The Morgan fingerprint density at radius 2 is 1.58 bits per heavy atom. The van der Waals surface area contributed by atoms with Crippen molar-refractivity contribution in [1.29, 1.82) is 5.26 Å². The van der Waals surface area contributed by atoms with Crippen LogP contribution in [0.1, 0.15) is 12.5 Å². The molecule has 11 heteroatoms. The Bertz CT molecular complexity index is 753. The van der Waals surface area contributed by atoms with Gasteiger partial charge in [0.15, 0.2) is 6.29 Å². The minimum Gasteiger partial charge on any atom is -0.462 e. The zero-order chi connectivity index (χ0) is 22.7. The van der Waals surface area contributed by atoms with Crippen molar-refractivity contribution in [1.82, 2.24) is 0 Å². The van der Waals surface area contributed by atoms with Gasteiger partial charge < -0.3 is 49.6 Å². The lowest BCUT2D eigenvalue weighted by Gasteiger charge is -2.45. The van der Waals surface area contributed by atoms with Gasteiger partial charge in [-0.3, -0.25) is 0 Å². The van der Waals surface area contributed by atoms with E-state index in [9.17, 15) is 30.6 Å². The van der Waals surface area contributed by atoms with Crippen LogP contribution in [0.4, 0.5) is 0 Å². The molecule has 2 fully saturated rings. The highest BCUT2D eigenvalue weighted by atomic mass is 16.7. The van der Waals surface area contributed by atoms with Crippen LogP contribution in [0.5, 0.6) is 5.75 Å². The third kappa shape index (κ3) is 5.15. The summed E-state index contributed by atoms with van der Waals surface area (Å²) in [6.07, 6.45) is -13.7. The van der Waals surface area contributed by atoms with Gasteiger partial charge in [0, 0.05) is 0 Å². The van der Waals surface area contributed by atoms with E-state index in [1.54, 1.807) is 24.3 Å². The van der Waals surface area contributed by atoms with E-state index in [1.165, 1.54) is 6.92 Å². The molecule has 0 amide bonds. The molecule has 172 valence electrons. The maximum absolute atomic E-state index is 10.7. The first-order valence-electron chi connectivity index (χ1n) is 9.87. The van der Waals surface area contributed by atoms with Gasteiger partial charge >= 0.3 is 0 Å². The van der Waals surface area contributed by atoms with Gasteiger partial charge in [-0.05, 0) is 24.6 Å². The van der Waals surface area contributed by atoms with E-state index in [-0.39, 0.29) is 6.42 Å². The first-order valence-corrected chi connectivity index (χ1v) is 9.87. The molecular formula is C20H27NO10. The minimum absolute atomic E-state index is 0.237. The summed E-state index contributed by atoms with van der Waals surface area (Å²) >= 11 is 0. The Kier molecular flexibility index (Phi) is 7.82. The molecule has 0 unspecified atom stereocenters. The average molecular weight is 441 g/mol. The SMILES string of the molecule is C[C@H]1O[C@H](Oc2ccc(CC#N)cc2)[C@H](O)[C@@H](O[C@@H]2O[C@H](CO)[C@@H](O)[C@H](O)[C@H]2O)[C@@H]1O. The highest BCUT2D eigenvalue weighted by Crippen LogP contribution is 2.30. The molecule has 1 aromatic rings. The number of aliphatic hydroxyl groups excluding tert-OH is 6. The number of nitriles is 1. The molecule has 6 N–H and O–H groups in total. The summed E-state index contributed by atoms with van der Waals surface area (Å²) < 4.78 is 22.1. The second kappa shape index (κ2) is 10.2. The molecular weight excluding hydrogens is 414 g/mol. The van der Waals surface area contributed by atoms with Gasteiger partial charge in [-0.25, -0.2) is 0 Å². The molecule has 3 rings (SSSR count). The number of hydrogen-bond donors (Lipinski definition) is 6. The molecule has 2 aliphatic heterocycles. The van der Waals surface area contributed by atoms with Crippen molar-refractivity contribution in [3.8, 4) is 11.8 Å². The lowest BCUT2D eigenvalue weighted by molar-refractivity contribution is -0.350. The van der Waals surface area contributed by atoms with Crippen molar-refractivity contribution in [3.63, 3.8) is 0 Å². The largest absolute Gasteiger partial charge is 0.462 e. The van der Waals surface area contributed by atoms with Gasteiger partial charge in [-0.1, -0.05) is 12.1 Å². The molecule has 0 bridgehead atoms. The molecule has 31 heavy (non-hydrogen) atoms. The van der Waals surface area contributed by atoms with Crippen LogP contribution < -0.4 is 4.74 Å². The molecule has 2 saturated heterocycles. The van der Waals surface area contributed by atoms with Crippen molar-refractivity contribution in [3.05, 3.63) is 29.8 Å². The minimum atomic E-state index is -1.69. The molecule has 11 nitrogen and oxygen atoms in total. The predicted octanol–water partition coefficient (Wildman–Crippen LogP) is -2.22. The van der Waals surface area contributed by atoms with Crippen molar-refractivity contribution in [2.45, 2.75) is 74.8 Å². The van der Waals surface area contributed by atoms with E-state index in [4.69, 9.17) is 24.2 Å². The monoisotopic (exact) mass is 441 g/mol. The van der Waals surface area contributed by atoms with Crippen molar-refractivity contribution >= 4 is 0 Å². The molecule has 0 aromatic heterocycles. The predicted molar refractivity (Wildman–Crippen MR) is 101 cm³/mol. The quantitative estimate of drug-likeness (QED) is 0.281. The number of hydrogen-bond acceptors (Lipinski definition) is 11. The van der Waals surface area contributed by atoms with Crippen molar-refractivity contribution in [2.75, 3.05) is 6.61 Å². The standard InChI is InChI=1S/C20H27NO10/c1-9-13(23)18(31-19-16(26)15(25)14(24)12(8-22)30-19)17(27)20(28-9)29-11-4-2-10(3-5-11)6-7-21/h2-5,9,12-20,22-27H,6,8H2,1H3/t9-,12-,13-,14-,15+,16-,17-,18+,19+,20-/m1/s1. The molecule has 1 aromatic carbocycles. The van der Waals surface area contributed by atoms with Crippen molar-refractivity contribution < 1.29 is 49.6 Å². The van der Waals surface area contributed by atoms with E-state index in [0.29, 0.717) is 5.75 Å². The highest BCUT2D eigenvalue weighted by Gasteiger charge is 2.50. The first kappa shape index (κ1) is 23.8. The average Bonchev–Trinajstić information content (AvgIpc) is 2.76. The Morgan fingerprint density at radius 3 is 2.19 bits per heavy atom. The molecule has 2 heterocycles. The fraction of sp³-hybridized carbons (Fsp3) is 0.650. The molecule has 0 radical (unpaired) electrons. The van der Waals surface area contributed by atoms with Gasteiger partial charge in [-0.2, -0.15) is 5.26 Å². The maximum atomic E-state index is 10.7. The molecule has 0 saturated carbocycles. The molecule has 0 spiro atoms. The fourth-order valence-corrected chi connectivity index (χ4v) is 3.50. The molecule has 2 aliphatic rings. The summed E-state index contributed by atoms with van der Waals surface area (Å²) in [6, 6.07) is 8.62. The van der Waals surface area contributed by atoms with Gasteiger partial charge in [0.1, 0.15) is 48.5 Å². The Labute approximate surface area is 178 Å². The number of ether oxygens (including phenoxy) is 4. The lowest BCUT2D eigenvalue weighted by atomic mass is 9.97. The van der Waals surface area contributed by atoms with E-state index >= 15 is 0 Å². The summed E-state index contributed by atoms with van der Waals surface area (Å²) in [7, 11) is 0. The van der Waals surface area contributed by atoms with E-state index in [2.05, 4.69) is 0 Å². The third-order valence-electron chi connectivity index (χ3n) is 5.38. The third-order valence-corrected chi connectivity index (χ3v) is 5.38. The topological polar surface area (TPSA) is 182 Å². The van der Waals surface area contributed by atoms with Gasteiger partial charge in [0.25, 0.3) is 0 Å². The second-order valence-electron chi connectivity index (χ2n) is 7.59. The molecule has 0 aliphatic carbocycles. The van der Waals surface area contributed by atoms with Crippen molar-refractivity contribution in [2.24, 2.45) is 0 Å². The van der Waals surface area contributed by atoms with Gasteiger partial charge in [0.05, 0.1) is 25.2 Å². The van der Waals surface area contributed by atoms with Crippen LogP contribution in [0.2, 0.25) is 0 Å². The Hall–Kier alpha value is -1.85.